The van der Waals surface area contributed by atoms with Gasteiger partial charge in [0.05, 0.1) is 0 Å². The van der Waals surface area contributed by atoms with Crippen LogP contribution in [0.2, 0.25) is 0 Å². The number of allylic oxidation sites excluding steroid dienone is 1. The summed E-state index contributed by atoms with van der Waals surface area (Å²) in [6, 6.07) is 0. The smallest absolute Gasteiger partial charge is 0.0210 e. The molecule has 0 fully saturated rings. The second-order valence-corrected chi connectivity index (χ2v) is 1.95. The molecule has 0 aromatic carbocycles. The summed E-state index contributed by atoms with van der Waals surface area (Å²) in [6.45, 7) is 4.97. The average molecular weight is 114 g/mol. The molecule has 8 heavy (non-hydrogen) atoms. The Morgan fingerprint density at radius 1 is 1.75 bits per heavy atom. The molecule has 0 saturated heterocycles. The molecule has 2 nitrogen and oxygen atoms in total. The van der Waals surface area contributed by atoms with E-state index in [2.05, 4.69) is 6.92 Å². The Bertz CT molecular complexity index is 82.5. The molecule has 2 heteroatoms. The fourth-order valence-corrected chi connectivity index (χ4v) is 0.439. The summed E-state index contributed by atoms with van der Waals surface area (Å²) in [6.07, 6.45) is 1.92. The maximum Gasteiger partial charge on any atom is 0.0210 e. The standard InChI is InChI=1S/C6H14N2/c1-4-8(3)5-6(2)7/h5H,4,7H2,1-3H3. The van der Waals surface area contributed by atoms with Gasteiger partial charge in [0, 0.05) is 25.5 Å². The zero-order valence-electron chi connectivity index (χ0n) is 5.81. The number of nitrogens with zero attached hydrogens (tertiary/aromatic N) is 1. The molecule has 0 unspecified atom stereocenters. The van der Waals surface area contributed by atoms with Crippen LogP contribution in [0.25, 0.3) is 0 Å². The normalized spacial score (nSPS) is 11.6. The maximum absolute atomic E-state index is 5.39. The largest absolute Gasteiger partial charge is 0.401 e. The lowest BCUT2D eigenvalue weighted by molar-refractivity contribution is 0.479. The van der Waals surface area contributed by atoms with Crippen molar-refractivity contribution in [2.24, 2.45) is 5.73 Å². The first-order chi connectivity index (χ1) is 3.66. The molecule has 0 spiro atoms. The van der Waals surface area contributed by atoms with Crippen LogP contribution in [0.5, 0.6) is 0 Å². The van der Waals surface area contributed by atoms with E-state index in [4.69, 9.17) is 5.73 Å². The summed E-state index contributed by atoms with van der Waals surface area (Å²) in [5, 5.41) is 0. The van der Waals surface area contributed by atoms with Crippen LogP contribution in [-0.2, 0) is 0 Å². The van der Waals surface area contributed by atoms with E-state index in [1.807, 2.05) is 25.1 Å². The topological polar surface area (TPSA) is 29.3 Å². The molecule has 0 aliphatic rings. The zero-order valence-corrected chi connectivity index (χ0v) is 5.81. The van der Waals surface area contributed by atoms with Crippen molar-refractivity contribution in [1.82, 2.24) is 4.90 Å². The van der Waals surface area contributed by atoms with E-state index in [-0.39, 0.29) is 0 Å². The van der Waals surface area contributed by atoms with E-state index in [0.717, 1.165) is 12.2 Å². The Hall–Kier alpha value is -0.660. The molecule has 0 aliphatic heterocycles. The van der Waals surface area contributed by atoms with Gasteiger partial charge in [0.15, 0.2) is 0 Å². The van der Waals surface area contributed by atoms with Gasteiger partial charge in [-0.25, -0.2) is 0 Å². The fourth-order valence-electron chi connectivity index (χ4n) is 0.439. The number of nitrogens with two attached hydrogens (primary N) is 1. The van der Waals surface area contributed by atoms with Crippen molar-refractivity contribution >= 4 is 0 Å². The minimum atomic E-state index is 0.856. The molecule has 0 aliphatic carbocycles. The summed E-state index contributed by atoms with van der Waals surface area (Å²) < 4.78 is 0. The lowest BCUT2D eigenvalue weighted by Gasteiger charge is -2.09. The second kappa shape index (κ2) is 3.36. The van der Waals surface area contributed by atoms with Crippen LogP contribution in [-0.4, -0.2) is 18.5 Å². The van der Waals surface area contributed by atoms with Crippen molar-refractivity contribution in [2.75, 3.05) is 13.6 Å². The third-order valence-corrected chi connectivity index (χ3v) is 0.923. The Morgan fingerprint density at radius 2 is 2.25 bits per heavy atom. The molecule has 0 amide bonds. The summed E-state index contributed by atoms with van der Waals surface area (Å²) in [5.74, 6) is 0. The molecule has 48 valence electrons. The van der Waals surface area contributed by atoms with Gasteiger partial charge in [-0.2, -0.15) is 0 Å². The highest BCUT2D eigenvalue weighted by atomic mass is 15.1. The van der Waals surface area contributed by atoms with Gasteiger partial charge in [-0.15, -0.1) is 0 Å². The van der Waals surface area contributed by atoms with Crippen LogP contribution < -0.4 is 5.73 Å². The van der Waals surface area contributed by atoms with Crippen LogP contribution in [0.3, 0.4) is 0 Å². The third-order valence-electron chi connectivity index (χ3n) is 0.923. The quantitative estimate of drug-likeness (QED) is 0.574. The predicted molar refractivity (Wildman–Crippen MR) is 36.2 cm³/mol. The van der Waals surface area contributed by atoms with Crippen LogP contribution in [0.15, 0.2) is 11.9 Å². The van der Waals surface area contributed by atoms with E-state index in [9.17, 15) is 0 Å². The number of hydrogen-bond acceptors (Lipinski definition) is 2. The first-order valence-corrected chi connectivity index (χ1v) is 2.81. The highest BCUT2D eigenvalue weighted by molar-refractivity contribution is 4.89. The third kappa shape index (κ3) is 3.53. The molecule has 0 radical (unpaired) electrons. The maximum atomic E-state index is 5.39. The van der Waals surface area contributed by atoms with Crippen LogP contribution in [0.1, 0.15) is 13.8 Å². The molecule has 0 saturated carbocycles. The van der Waals surface area contributed by atoms with Crippen molar-refractivity contribution in [3.63, 3.8) is 0 Å². The zero-order chi connectivity index (χ0) is 6.57. The molecule has 2 N–H and O–H groups in total. The predicted octanol–water partition coefficient (Wildman–Crippen LogP) is 0.758. The van der Waals surface area contributed by atoms with E-state index >= 15 is 0 Å². The highest BCUT2D eigenvalue weighted by Gasteiger charge is 1.82. The van der Waals surface area contributed by atoms with Gasteiger partial charge < -0.3 is 10.6 Å². The Labute approximate surface area is 51.0 Å². The van der Waals surface area contributed by atoms with Gasteiger partial charge in [-0.05, 0) is 13.8 Å². The lowest BCUT2D eigenvalue weighted by Crippen LogP contribution is -2.11. The van der Waals surface area contributed by atoms with Gasteiger partial charge in [0.1, 0.15) is 0 Å². The lowest BCUT2D eigenvalue weighted by atomic mass is 10.5. The first-order valence-electron chi connectivity index (χ1n) is 2.81. The van der Waals surface area contributed by atoms with Gasteiger partial charge in [-0.3, -0.25) is 0 Å². The Kier molecular flexibility index (Phi) is 3.08. The summed E-state index contributed by atoms with van der Waals surface area (Å²) in [7, 11) is 2.00. The van der Waals surface area contributed by atoms with Gasteiger partial charge in [-0.1, -0.05) is 0 Å². The molecule has 0 bridgehead atoms. The molecule has 0 heterocycles. The average Bonchev–Trinajstić information content (AvgIpc) is 1.65. The van der Waals surface area contributed by atoms with E-state index in [1.165, 1.54) is 0 Å². The van der Waals surface area contributed by atoms with E-state index in [1.54, 1.807) is 0 Å². The van der Waals surface area contributed by atoms with Crippen LogP contribution in [0, 0.1) is 0 Å². The molecule has 0 atom stereocenters. The summed E-state index contributed by atoms with van der Waals surface area (Å²) >= 11 is 0. The van der Waals surface area contributed by atoms with E-state index < -0.39 is 0 Å². The van der Waals surface area contributed by atoms with E-state index in [0.29, 0.717) is 0 Å². The van der Waals surface area contributed by atoms with Gasteiger partial charge >= 0.3 is 0 Å². The minimum Gasteiger partial charge on any atom is -0.401 e. The second-order valence-electron chi connectivity index (χ2n) is 1.95. The molecular weight excluding hydrogens is 100 g/mol. The number of rotatable bonds is 2. The SMILES string of the molecule is CCN(C)C=C(C)N. The number of hydrogen-bond donors (Lipinski definition) is 1. The van der Waals surface area contributed by atoms with Crippen molar-refractivity contribution in [1.29, 1.82) is 0 Å². The monoisotopic (exact) mass is 114 g/mol. The van der Waals surface area contributed by atoms with Crippen molar-refractivity contribution < 1.29 is 0 Å². The van der Waals surface area contributed by atoms with Crippen molar-refractivity contribution in [3.05, 3.63) is 11.9 Å². The van der Waals surface area contributed by atoms with Crippen LogP contribution in [0.4, 0.5) is 0 Å². The van der Waals surface area contributed by atoms with Crippen LogP contribution >= 0.6 is 0 Å². The Balaban J connectivity index is 3.51. The fraction of sp³-hybridized carbons (Fsp3) is 0.667. The van der Waals surface area contributed by atoms with Crippen molar-refractivity contribution in [3.8, 4) is 0 Å². The minimum absolute atomic E-state index is 0.856. The summed E-state index contributed by atoms with van der Waals surface area (Å²) in [4.78, 5) is 2.04. The summed E-state index contributed by atoms with van der Waals surface area (Å²) in [5.41, 5.74) is 6.24. The molecule has 0 aromatic rings. The van der Waals surface area contributed by atoms with Crippen molar-refractivity contribution in [2.45, 2.75) is 13.8 Å². The molecular formula is C6H14N2. The van der Waals surface area contributed by atoms with Gasteiger partial charge in [0.2, 0.25) is 0 Å². The Morgan fingerprint density at radius 3 is 2.38 bits per heavy atom. The first kappa shape index (κ1) is 7.34. The molecule has 0 rings (SSSR count). The van der Waals surface area contributed by atoms with Gasteiger partial charge in [0.25, 0.3) is 0 Å². The molecule has 0 aromatic heterocycles. The highest BCUT2D eigenvalue weighted by Crippen LogP contribution is 1.85.